The van der Waals surface area contributed by atoms with Crippen LogP contribution in [0.3, 0.4) is 0 Å². The molecule has 0 unspecified atom stereocenters. The predicted octanol–water partition coefficient (Wildman–Crippen LogP) is 0.925. The monoisotopic (exact) mass is 202 g/mol. The fourth-order valence-corrected chi connectivity index (χ4v) is 0.883. The summed E-state index contributed by atoms with van der Waals surface area (Å²) in [6.07, 6.45) is 1.31. The summed E-state index contributed by atoms with van der Waals surface area (Å²) in [5.41, 5.74) is 0. The van der Waals surface area contributed by atoms with Gasteiger partial charge in [0.1, 0.15) is 0 Å². The lowest BCUT2D eigenvalue weighted by Crippen LogP contribution is -2.07. The maximum absolute atomic E-state index is 10.9. The predicted molar refractivity (Wildman–Crippen MR) is 44.9 cm³/mol. The van der Waals surface area contributed by atoms with E-state index in [1.54, 1.807) is 0 Å². The van der Waals surface area contributed by atoms with Gasteiger partial charge in [0.25, 0.3) is 0 Å². The Kier molecular flexibility index (Phi) is 3.02. The molecular formula is C7H7ClN2O3. The number of rotatable bonds is 2. The Morgan fingerprint density at radius 3 is 2.69 bits per heavy atom. The smallest absolute Gasteiger partial charge is 0.376 e. The van der Waals surface area contributed by atoms with Crippen LogP contribution in [0.15, 0.2) is 6.20 Å². The first-order chi connectivity index (χ1) is 6.19. The van der Waals surface area contributed by atoms with Crippen LogP contribution in [0, 0.1) is 0 Å². The van der Waals surface area contributed by atoms with Crippen LogP contribution in [0.4, 0.5) is 0 Å². The number of ether oxygens (including phenoxy) is 2. The van der Waals surface area contributed by atoms with Crippen molar-refractivity contribution >= 4 is 17.6 Å². The van der Waals surface area contributed by atoms with Crippen molar-refractivity contribution in [3.63, 3.8) is 0 Å². The van der Waals surface area contributed by atoms with Gasteiger partial charge in [-0.25, -0.2) is 14.8 Å². The molecule has 0 aliphatic carbocycles. The van der Waals surface area contributed by atoms with Crippen molar-refractivity contribution in [2.24, 2.45) is 0 Å². The average Bonchev–Trinajstić information content (AvgIpc) is 2.16. The number of hydrogen-bond donors (Lipinski definition) is 0. The van der Waals surface area contributed by atoms with Crippen molar-refractivity contribution in [3.8, 4) is 5.75 Å². The molecule has 1 aromatic heterocycles. The number of hydrogen-bond acceptors (Lipinski definition) is 5. The minimum Gasteiger partial charge on any atom is -0.492 e. The SMILES string of the molecule is COC(=O)c1ncc(OC)c(Cl)n1. The van der Waals surface area contributed by atoms with E-state index in [1.165, 1.54) is 20.4 Å². The highest BCUT2D eigenvalue weighted by molar-refractivity contribution is 6.30. The van der Waals surface area contributed by atoms with Crippen LogP contribution >= 0.6 is 11.6 Å². The Balaban J connectivity index is 3.02. The van der Waals surface area contributed by atoms with E-state index >= 15 is 0 Å². The van der Waals surface area contributed by atoms with Gasteiger partial charge in [0, 0.05) is 0 Å². The van der Waals surface area contributed by atoms with Crippen molar-refractivity contribution in [3.05, 3.63) is 17.2 Å². The second-order valence-corrected chi connectivity index (χ2v) is 2.40. The first-order valence-corrected chi connectivity index (χ1v) is 3.71. The maximum atomic E-state index is 10.9. The first kappa shape index (κ1) is 9.73. The summed E-state index contributed by atoms with van der Waals surface area (Å²) in [6.45, 7) is 0. The summed E-state index contributed by atoms with van der Waals surface area (Å²) in [5.74, 6) is -0.410. The van der Waals surface area contributed by atoms with Gasteiger partial charge in [0.2, 0.25) is 5.82 Å². The van der Waals surface area contributed by atoms with Crippen LogP contribution in [-0.2, 0) is 4.74 Å². The summed E-state index contributed by atoms with van der Waals surface area (Å²) in [7, 11) is 2.67. The third-order valence-electron chi connectivity index (χ3n) is 1.30. The van der Waals surface area contributed by atoms with E-state index in [9.17, 15) is 4.79 Å². The molecule has 0 amide bonds. The van der Waals surface area contributed by atoms with Crippen molar-refractivity contribution in [2.45, 2.75) is 0 Å². The number of carbonyl (C=O) groups is 1. The third kappa shape index (κ3) is 2.06. The zero-order valence-corrected chi connectivity index (χ0v) is 7.83. The zero-order chi connectivity index (χ0) is 9.84. The lowest BCUT2D eigenvalue weighted by Gasteiger charge is -2.02. The van der Waals surface area contributed by atoms with Gasteiger partial charge in [-0.1, -0.05) is 11.6 Å². The van der Waals surface area contributed by atoms with Gasteiger partial charge < -0.3 is 9.47 Å². The molecule has 0 aliphatic heterocycles. The standard InChI is InChI=1S/C7H7ClN2O3/c1-12-4-3-9-6(7(11)13-2)10-5(4)8/h3H,1-2H3. The molecule has 6 heteroatoms. The van der Waals surface area contributed by atoms with Crippen LogP contribution in [0.1, 0.15) is 10.6 Å². The molecule has 0 atom stereocenters. The molecule has 1 heterocycles. The molecule has 0 radical (unpaired) electrons. The Labute approximate surface area is 79.7 Å². The van der Waals surface area contributed by atoms with Crippen LogP contribution in [0.25, 0.3) is 0 Å². The highest BCUT2D eigenvalue weighted by atomic mass is 35.5. The first-order valence-electron chi connectivity index (χ1n) is 3.34. The molecule has 0 saturated heterocycles. The number of aromatic nitrogens is 2. The molecule has 0 aliphatic rings. The Bertz CT molecular complexity index is 330. The second-order valence-electron chi connectivity index (χ2n) is 2.04. The number of nitrogens with zero attached hydrogens (tertiary/aromatic N) is 2. The summed E-state index contributed by atoms with van der Waals surface area (Å²) in [5, 5.41) is 0.0814. The summed E-state index contributed by atoms with van der Waals surface area (Å²) >= 11 is 5.65. The zero-order valence-electron chi connectivity index (χ0n) is 7.07. The van der Waals surface area contributed by atoms with Gasteiger partial charge in [-0.3, -0.25) is 0 Å². The minimum absolute atomic E-state index is 0.0814. The van der Waals surface area contributed by atoms with Crippen LogP contribution in [-0.4, -0.2) is 30.2 Å². The molecule has 0 saturated carbocycles. The van der Waals surface area contributed by atoms with Gasteiger partial charge in [-0.15, -0.1) is 0 Å². The Morgan fingerprint density at radius 1 is 1.54 bits per heavy atom. The lowest BCUT2D eigenvalue weighted by molar-refractivity contribution is 0.0586. The fraction of sp³-hybridized carbons (Fsp3) is 0.286. The topological polar surface area (TPSA) is 61.3 Å². The summed E-state index contributed by atoms with van der Waals surface area (Å²) in [6, 6.07) is 0. The number of methoxy groups -OCH3 is 2. The Morgan fingerprint density at radius 2 is 2.23 bits per heavy atom. The van der Waals surface area contributed by atoms with Crippen LogP contribution < -0.4 is 4.74 Å². The molecule has 0 spiro atoms. The van der Waals surface area contributed by atoms with E-state index in [4.69, 9.17) is 16.3 Å². The molecule has 5 nitrogen and oxygen atoms in total. The molecule has 13 heavy (non-hydrogen) atoms. The number of carbonyl (C=O) groups excluding carboxylic acids is 1. The van der Waals surface area contributed by atoms with Crippen molar-refractivity contribution in [1.82, 2.24) is 9.97 Å². The normalized spacial score (nSPS) is 9.46. The molecule has 0 aromatic carbocycles. The largest absolute Gasteiger partial charge is 0.492 e. The molecule has 1 aromatic rings. The van der Waals surface area contributed by atoms with E-state index in [-0.39, 0.29) is 11.0 Å². The fourth-order valence-electron chi connectivity index (χ4n) is 0.677. The molecule has 0 bridgehead atoms. The number of halogens is 1. The van der Waals surface area contributed by atoms with Crippen molar-refractivity contribution in [1.29, 1.82) is 0 Å². The van der Waals surface area contributed by atoms with Gasteiger partial charge >= 0.3 is 5.97 Å². The van der Waals surface area contributed by atoms with Gasteiger partial charge in [-0.2, -0.15) is 0 Å². The third-order valence-corrected chi connectivity index (χ3v) is 1.57. The minimum atomic E-state index is -0.635. The quantitative estimate of drug-likeness (QED) is 0.527. The summed E-state index contributed by atoms with van der Waals surface area (Å²) in [4.78, 5) is 18.3. The maximum Gasteiger partial charge on any atom is 0.376 e. The molecule has 0 fully saturated rings. The van der Waals surface area contributed by atoms with E-state index in [0.717, 1.165) is 0 Å². The highest BCUT2D eigenvalue weighted by Crippen LogP contribution is 2.19. The van der Waals surface area contributed by atoms with E-state index < -0.39 is 5.97 Å². The molecule has 70 valence electrons. The summed E-state index contributed by atoms with van der Waals surface area (Å²) < 4.78 is 9.21. The Hall–Kier alpha value is -1.36. The van der Waals surface area contributed by atoms with Crippen molar-refractivity contribution in [2.75, 3.05) is 14.2 Å². The van der Waals surface area contributed by atoms with E-state index in [1.807, 2.05) is 0 Å². The molecule has 1 rings (SSSR count). The van der Waals surface area contributed by atoms with Crippen LogP contribution in [0.5, 0.6) is 5.75 Å². The van der Waals surface area contributed by atoms with Gasteiger partial charge in [0.05, 0.1) is 20.4 Å². The van der Waals surface area contributed by atoms with Crippen molar-refractivity contribution < 1.29 is 14.3 Å². The highest BCUT2D eigenvalue weighted by Gasteiger charge is 2.12. The number of esters is 1. The van der Waals surface area contributed by atoms with E-state index in [2.05, 4.69) is 14.7 Å². The van der Waals surface area contributed by atoms with Gasteiger partial charge in [0.15, 0.2) is 10.9 Å². The van der Waals surface area contributed by atoms with E-state index in [0.29, 0.717) is 5.75 Å². The average molecular weight is 203 g/mol. The second kappa shape index (κ2) is 4.04. The molecular weight excluding hydrogens is 196 g/mol. The van der Waals surface area contributed by atoms with Crippen LogP contribution in [0.2, 0.25) is 5.15 Å². The lowest BCUT2D eigenvalue weighted by atomic mass is 10.5. The molecule has 0 N–H and O–H groups in total. The van der Waals surface area contributed by atoms with Gasteiger partial charge in [-0.05, 0) is 0 Å².